The fourth-order valence-electron chi connectivity index (χ4n) is 2.81. The third-order valence-corrected chi connectivity index (χ3v) is 6.16. The van der Waals surface area contributed by atoms with Gasteiger partial charge in [-0.25, -0.2) is 10.4 Å². The number of thiophene rings is 1. The Kier molecular flexibility index (Phi) is 5.26. The molecule has 0 amide bonds. The smallest absolute Gasteiger partial charge is 0.274 e. The molecule has 8 nitrogen and oxygen atoms in total. The number of hydrazone groups is 1. The van der Waals surface area contributed by atoms with Crippen molar-refractivity contribution in [3.05, 3.63) is 38.4 Å². The fourth-order valence-corrected chi connectivity index (χ4v) is 4.61. The highest BCUT2D eigenvalue weighted by Crippen LogP contribution is 2.35. The van der Waals surface area contributed by atoms with Crippen LogP contribution in [0, 0.1) is 6.92 Å². The van der Waals surface area contributed by atoms with Crippen LogP contribution in [-0.4, -0.2) is 39.5 Å². The normalized spacial score (nSPS) is 14.8. The summed E-state index contributed by atoms with van der Waals surface area (Å²) in [6.45, 7) is 3.70. The Morgan fingerprint density at radius 2 is 2.15 bits per heavy atom. The highest BCUT2D eigenvalue weighted by atomic mass is 32.1. The number of nitrogens with one attached hydrogen (secondary N) is 2. The zero-order valence-corrected chi connectivity index (χ0v) is 16.4. The molecule has 0 aromatic carbocycles. The maximum Gasteiger partial charge on any atom is 0.274 e. The Morgan fingerprint density at radius 1 is 1.30 bits per heavy atom. The summed E-state index contributed by atoms with van der Waals surface area (Å²) in [6, 6.07) is 4.08. The molecule has 1 aliphatic heterocycles. The fraction of sp³-hybridized carbons (Fsp3) is 0.353. The van der Waals surface area contributed by atoms with Gasteiger partial charge in [-0.05, 0) is 37.6 Å². The Hall–Kier alpha value is -2.59. The van der Waals surface area contributed by atoms with Gasteiger partial charge >= 0.3 is 0 Å². The van der Waals surface area contributed by atoms with Gasteiger partial charge in [-0.1, -0.05) is 17.4 Å². The van der Waals surface area contributed by atoms with E-state index in [1.54, 1.807) is 35.8 Å². The molecular formula is C17H19N7OS2. The third kappa shape index (κ3) is 4.06. The van der Waals surface area contributed by atoms with Crippen molar-refractivity contribution < 1.29 is 0 Å². The van der Waals surface area contributed by atoms with E-state index in [-0.39, 0.29) is 11.5 Å². The van der Waals surface area contributed by atoms with E-state index in [4.69, 9.17) is 4.98 Å². The Balaban J connectivity index is 1.59. The van der Waals surface area contributed by atoms with E-state index >= 15 is 0 Å². The molecule has 10 heteroatoms. The number of aryl methyl sites for hydroxylation is 1. The second kappa shape index (κ2) is 7.97. The van der Waals surface area contributed by atoms with Crippen molar-refractivity contribution in [3.8, 4) is 10.6 Å². The van der Waals surface area contributed by atoms with E-state index < -0.39 is 0 Å². The van der Waals surface area contributed by atoms with Crippen LogP contribution in [0.25, 0.3) is 10.6 Å². The van der Waals surface area contributed by atoms with Crippen molar-refractivity contribution in [3.63, 3.8) is 0 Å². The Morgan fingerprint density at radius 3 is 2.89 bits per heavy atom. The molecule has 27 heavy (non-hydrogen) atoms. The summed E-state index contributed by atoms with van der Waals surface area (Å²) in [7, 11) is 0. The maximum atomic E-state index is 11.6. The number of hydrogen-bond acceptors (Lipinski definition) is 9. The molecule has 0 spiro atoms. The van der Waals surface area contributed by atoms with Gasteiger partial charge in [0.2, 0.25) is 5.95 Å². The van der Waals surface area contributed by atoms with Crippen LogP contribution in [0.1, 0.15) is 29.8 Å². The van der Waals surface area contributed by atoms with Crippen LogP contribution >= 0.6 is 22.7 Å². The molecule has 1 aliphatic rings. The van der Waals surface area contributed by atoms with E-state index in [0.717, 1.165) is 33.7 Å². The maximum absolute atomic E-state index is 11.6. The van der Waals surface area contributed by atoms with E-state index in [1.165, 1.54) is 19.3 Å². The first kappa shape index (κ1) is 17.8. The van der Waals surface area contributed by atoms with E-state index in [2.05, 4.69) is 36.7 Å². The monoisotopic (exact) mass is 401 g/mol. The molecule has 1 fully saturated rings. The van der Waals surface area contributed by atoms with Crippen LogP contribution in [0.4, 0.5) is 11.1 Å². The number of H-pyrrole nitrogens is 1. The largest absolute Gasteiger partial charge is 0.348 e. The molecule has 0 unspecified atom stereocenters. The quantitative estimate of drug-likeness (QED) is 0.503. The van der Waals surface area contributed by atoms with Crippen LogP contribution in [0.5, 0.6) is 0 Å². The van der Waals surface area contributed by atoms with Crippen molar-refractivity contribution in [1.29, 1.82) is 0 Å². The zero-order chi connectivity index (χ0) is 18.6. The van der Waals surface area contributed by atoms with Crippen LogP contribution in [0.2, 0.25) is 0 Å². The van der Waals surface area contributed by atoms with Crippen LogP contribution in [0.15, 0.2) is 27.4 Å². The lowest BCUT2D eigenvalue weighted by Crippen LogP contribution is -2.29. The summed E-state index contributed by atoms with van der Waals surface area (Å²) in [5.41, 5.74) is 3.70. The predicted octanol–water partition coefficient (Wildman–Crippen LogP) is 3.09. The topological polar surface area (TPSA) is 99.2 Å². The lowest BCUT2D eigenvalue weighted by Gasteiger charge is -2.25. The average Bonchev–Trinajstić information content (AvgIpc) is 3.35. The predicted molar refractivity (Wildman–Crippen MR) is 110 cm³/mol. The van der Waals surface area contributed by atoms with Crippen LogP contribution in [-0.2, 0) is 0 Å². The molecule has 4 rings (SSSR count). The first-order valence-electron chi connectivity index (χ1n) is 8.73. The van der Waals surface area contributed by atoms with E-state index in [0.29, 0.717) is 5.69 Å². The molecule has 3 aromatic heterocycles. The molecule has 0 bridgehead atoms. The summed E-state index contributed by atoms with van der Waals surface area (Å²) in [5, 5.41) is 14.9. The van der Waals surface area contributed by atoms with Gasteiger partial charge in [0.1, 0.15) is 11.4 Å². The van der Waals surface area contributed by atoms with Gasteiger partial charge in [0.15, 0.2) is 5.13 Å². The van der Waals surface area contributed by atoms with Gasteiger partial charge in [-0.3, -0.25) is 9.78 Å². The number of aromatic nitrogens is 4. The van der Waals surface area contributed by atoms with Gasteiger partial charge in [0, 0.05) is 13.1 Å². The van der Waals surface area contributed by atoms with Crippen LogP contribution in [0.3, 0.4) is 0 Å². The van der Waals surface area contributed by atoms with Gasteiger partial charge < -0.3 is 4.90 Å². The number of nitrogens with zero attached hydrogens (tertiary/aromatic N) is 5. The Labute approximate surface area is 164 Å². The average molecular weight is 402 g/mol. The zero-order valence-electron chi connectivity index (χ0n) is 14.8. The minimum absolute atomic E-state index is 0.209. The number of aromatic amines is 1. The number of rotatable bonds is 5. The highest BCUT2D eigenvalue weighted by Gasteiger charge is 2.19. The molecule has 0 atom stereocenters. The first-order valence-corrected chi connectivity index (χ1v) is 10.4. The molecular weight excluding hydrogens is 382 g/mol. The second-order valence-corrected chi connectivity index (χ2v) is 8.15. The summed E-state index contributed by atoms with van der Waals surface area (Å²) in [5.74, 6) is 0.209. The third-order valence-electron chi connectivity index (χ3n) is 4.24. The van der Waals surface area contributed by atoms with Crippen molar-refractivity contribution in [2.24, 2.45) is 5.10 Å². The number of anilines is 2. The van der Waals surface area contributed by atoms with Gasteiger partial charge in [-0.15, -0.1) is 21.5 Å². The van der Waals surface area contributed by atoms with Gasteiger partial charge in [0.25, 0.3) is 5.56 Å². The molecule has 0 aliphatic carbocycles. The summed E-state index contributed by atoms with van der Waals surface area (Å²) in [6.07, 6.45) is 5.42. The van der Waals surface area contributed by atoms with E-state index in [1.807, 2.05) is 11.4 Å². The van der Waals surface area contributed by atoms with Gasteiger partial charge in [-0.2, -0.15) is 5.10 Å². The molecule has 2 N–H and O–H groups in total. The van der Waals surface area contributed by atoms with Crippen molar-refractivity contribution in [1.82, 2.24) is 20.2 Å². The lowest BCUT2D eigenvalue weighted by atomic mass is 10.1. The molecule has 0 saturated carbocycles. The Bertz CT molecular complexity index is 987. The number of thiazole rings is 1. The molecule has 4 heterocycles. The summed E-state index contributed by atoms with van der Waals surface area (Å²) >= 11 is 3.29. The van der Waals surface area contributed by atoms with Crippen LogP contribution < -0.4 is 15.9 Å². The standard InChI is InChI=1S/C17H19N7OS2/c1-11-15(25)20-16(23-21-11)22-18-10-13-14(12-6-5-9-26-12)19-17(27-13)24-7-3-2-4-8-24/h5-6,9-10H,2-4,7-8H2,1H3,(H2,20,22,23,25)/b18-10-. The number of hydrogen-bond donors (Lipinski definition) is 2. The lowest BCUT2D eigenvalue weighted by molar-refractivity contribution is 0.577. The summed E-state index contributed by atoms with van der Waals surface area (Å²) < 4.78 is 0. The minimum Gasteiger partial charge on any atom is -0.348 e. The van der Waals surface area contributed by atoms with E-state index in [9.17, 15) is 4.79 Å². The molecule has 140 valence electrons. The highest BCUT2D eigenvalue weighted by molar-refractivity contribution is 7.18. The van der Waals surface area contributed by atoms with Crippen molar-refractivity contribution in [2.75, 3.05) is 23.4 Å². The first-order chi connectivity index (χ1) is 13.2. The molecule has 0 radical (unpaired) electrons. The minimum atomic E-state index is -0.285. The van der Waals surface area contributed by atoms with Crippen molar-refractivity contribution in [2.45, 2.75) is 26.2 Å². The molecule has 3 aromatic rings. The number of piperidine rings is 1. The summed E-state index contributed by atoms with van der Waals surface area (Å²) in [4.78, 5) is 23.5. The molecule has 1 saturated heterocycles. The second-order valence-electron chi connectivity index (χ2n) is 6.19. The van der Waals surface area contributed by atoms with Gasteiger partial charge in [0.05, 0.1) is 16.0 Å². The van der Waals surface area contributed by atoms with Crippen molar-refractivity contribution >= 4 is 40.0 Å². The SMILES string of the molecule is Cc1nnc(N/N=C\c2sc(N3CCCCC3)nc2-c2cccs2)[nH]c1=O.